The molecule has 0 spiro atoms. The Hall–Kier alpha value is -1.20. The number of hydrogen-bond donors (Lipinski definition) is 1. The summed E-state index contributed by atoms with van der Waals surface area (Å²) in [7, 11) is -7.27. The van der Waals surface area contributed by atoms with Crippen LogP contribution in [0.1, 0.15) is 45.4 Å². The van der Waals surface area contributed by atoms with Gasteiger partial charge in [-0.1, -0.05) is 24.9 Å². The zero-order valence-corrected chi connectivity index (χ0v) is 19.4. The molecule has 0 radical (unpaired) electrons. The number of sulfonamides is 2. The van der Waals surface area contributed by atoms with Crippen LogP contribution in [-0.4, -0.2) is 62.8 Å². The van der Waals surface area contributed by atoms with E-state index in [9.17, 15) is 21.6 Å². The van der Waals surface area contributed by atoms with E-state index in [0.29, 0.717) is 38.9 Å². The molecule has 8 nitrogen and oxygen atoms in total. The summed E-state index contributed by atoms with van der Waals surface area (Å²) in [4.78, 5) is 12.9. The third kappa shape index (κ3) is 4.99. The number of benzene rings is 1. The zero-order valence-electron chi connectivity index (χ0n) is 17.0. The average Bonchev–Trinajstić information content (AvgIpc) is 3.25. The van der Waals surface area contributed by atoms with Crippen molar-refractivity contribution in [3.8, 4) is 0 Å². The number of piperidine rings is 1. The quantitative estimate of drug-likeness (QED) is 0.650. The van der Waals surface area contributed by atoms with E-state index in [0.717, 1.165) is 19.3 Å². The molecule has 3 rings (SSSR count). The molecule has 2 saturated heterocycles. The largest absolute Gasteiger partial charge is 0.325 e. The topological polar surface area (TPSA) is 104 Å². The van der Waals surface area contributed by atoms with E-state index in [4.69, 9.17) is 11.6 Å². The van der Waals surface area contributed by atoms with Gasteiger partial charge in [-0.2, -0.15) is 8.61 Å². The van der Waals surface area contributed by atoms with Crippen LogP contribution in [0.25, 0.3) is 0 Å². The number of rotatable bonds is 7. The number of anilines is 1. The molecule has 1 atom stereocenters. The molecule has 11 heteroatoms. The van der Waals surface area contributed by atoms with Crippen LogP contribution in [-0.2, 0) is 24.8 Å². The molecule has 2 aliphatic rings. The monoisotopic (exact) mass is 477 g/mol. The van der Waals surface area contributed by atoms with Crippen molar-refractivity contribution >= 4 is 43.2 Å². The molecule has 2 fully saturated rings. The molecule has 1 aromatic rings. The van der Waals surface area contributed by atoms with Gasteiger partial charge in [0.15, 0.2) is 0 Å². The molecule has 168 valence electrons. The number of halogens is 1. The lowest BCUT2D eigenvalue weighted by Gasteiger charge is -2.33. The minimum atomic E-state index is -3.75. The first-order valence-electron chi connectivity index (χ1n) is 10.3. The molecule has 1 aromatic carbocycles. The number of carbonyl (C=O) groups is 1. The first kappa shape index (κ1) is 23.5. The van der Waals surface area contributed by atoms with Crippen molar-refractivity contribution in [3.63, 3.8) is 0 Å². The highest BCUT2D eigenvalue weighted by Gasteiger charge is 2.36. The van der Waals surface area contributed by atoms with Gasteiger partial charge in [0.2, 0.25) is 26.0 Å². The Kier molecular flexibility index (Phi) is 7.44. The number of amides is 1. The third-order valence-electron chi connectivity index (χ3n) is 5.46. The molecule has 2 heterocycles. The van der Waals surface area contributed by atoms with Gasteiger partial charge < -0.3 is 5.32 Å². The molecule has 2 aliphatic heterocycles. The highest BCUT2D eigenvalue weighted by Crippen LogP contribution is 2.30. The maximum Gasteiger partial charge on any atom is 0.244 e. The molecule has 0 aliphatic carbocycles. The fraction of sp³-hybridized carbons (Fsp3) is 0.632. The molecule has 1 unspecified atom stereocenters. The Morgan fingerprint density at radius 2 is 1.77 bits per heavy atom. The summed E-state index contributed by atoms with van der Waals surface area (Å²) in [5.74, 6) is -0.461. The van der Waals surface area contributed by atoms with E-state index in [1.165, 1.54) is 26.8 Å². The summed E-state index contributed by atoms with van der Waals surface area (Å²) >= 11 is 6.16. The van der Waals surface area contributed by atoms with Crippen molar-refractivity contribution in [2.45, 2.75) is 56.4 Å². The van der Waals surface area contributed by atoms with Crippen molar-refractivity contribution < 1.29 is 21.6 Å². The average molecular weight is 478 g/mol. The molecular weight excluding hydrogens is 450 g/mol. The van der Waals surface area contributed by atoms with Crippen LogP contribution in [0.4, 0.5) is 5.69 Å². The normalized spacial score (nSPS) is 21.6. The van der Waals surface area contributed by atoms with E-state index < -0.39 is 32.0 Å². The summed E-state index contributed by atoms with van der Waals surface area (Å²) < 4.78 is 53.6. The Labute approximate surface area is 183 Å². The molecule has 0 bridgehead atoms. The van der Waals surface area contributed by atoms with E-state index in [1.807, 2.05) is 0 Å². The van der Waals surface area contributed by atoms with Crippen LogP contribution < -0.4 is 5.32 Å². The molecule has 0 aromatic heterocycles. The highest BCUT2D eigenvalue weighted by molar-refractivity contribution is 7.89. The smallest absolute Gasteiger partial charge is 0.244 e. The lowest BCUT2D eigenvalue weighted by molar-refractivity contribution is -0.120. The Morgan fingerprint density at radius 3 is 2.43 bits per heavy atom. The number of nitrogens with one attached hydrogen (secondary N) is 1. The molecule has 0 saturated carbocycles. The van der Waals surface area contributed by atoms with Crippen LogP contribution in [0.3, 0.4) is 0 Å². The number of hydrogen-bond acceptors (Lipinski definition) is 5. The van der Waals surface area contributed by atoms with Gasteiger partial charge in [0, 0.05) is 25.3 Å². The molecule has 1 N–H and O–H groups in total. The molecular formula is C19H28ClN3O5S2. The molecule has 30 heavy (non-hydrogen) atoms. The van der Waals surface area contributed by atoms with Crippen LogP contribution in [0.2, 0.25) is 5.02 Å². The van der Waals surface area contributed by atoms with Crippen LogP contribution in [0.15, 0.2) is 23.1 Å². The van der Waals surface area contributed by atoms with E-state index >= 15 is 0 Å². The van der Waals surface area contributed by atoms with Gasteiger partial charge in [-0.25, -0.2) is 16.8 Å². The summed E-state index contributed by atoms with van der Waals surface area (Å²) in [6, 6.07) is 3.51. The van der Waals surface area contributed by atoms with Gasteiger partial charge in [-0.05, 0) is 50.3 Å². The maximum absolute atomic E-state index is 12.9. The Morgan fingerprint density at radius 1 is 1.10 bits per heavy atom. The second kappa shape index (κ2) is 9.52. The van der Waals surface area contributed by atoms with Gasteiger partial charge in [0.1, 0.15) is 10.9 Å². The summed E-state index contributed by atoms with van der Waals surface area (Å²) in [5.41, 5.74) is 0.278. The van der Waals surface area contributed by atoms with Gasteiger partial charge in [0.25, 0.3) is 0 Å². The van der Waals surface area contributed by atoms with E-state index in [2.05, 4.69) is 5.32 Å². The van der Waals surface area contributed by atoms with Gasteiger partial charge in [-0.3, -0.25) is 4.79 Å². The Bertz CT molecular complexity index is 991. The lowest BCUT2D eigenvalue weighted by Crippen LogP contribution is -2.50. The van der Waals surface area contributed by atoms with Crippen LogP contribution in [0, 0.1) is 0 Å². The van der Waals surface area contributed by atoms with Crippen molar-refractivity contribution in [3.05, 3.63) is 23.2 Å². The van der Waals surface area contributed by atoms with Crippen LogP contribution in [0.5, 0.6) is 0 Å². The molecule has 1 amide bonds. The number of carbonyl (C=O) groups excluding carboxylic acids is 1. The fourth-order valence-corrected chi connectivity index (χ4v) is 7.71. The summed E-state index contributed by atoms with van der Waals surface area (Å²) in [6.07, 6.45) is 3.98. The van der Waals surface area contributed by atoms with Gasteiger partial charge >= 0.3 is 0 Å². The number of nitrogens with zero attached hydrogens (tertiary/aromatic N) is 2. The van der Waals surface area contributed by atoms with E-state index in [1.54, 1.807) is 6.92 Å². The predicted molar refractivity (Wildman–Crippen MR) is 116 cm³/mol. The van der Waals surface area contributed by atoms with Crippen molar-refractivity contribution in [1.29, 1.82) is 0 Å². The van der Waals surface area contributed by atoms with Crippen molar-refractivity contribution in [1.82, 2.24) is 8.61 Å². The maximum atomic E-state index is 12.9. The SMILES string of the molecule is CCCS(=O)(=O)N1CCCCC1C(=O)Nc1ccc(Cl)c(S(=O)(=O)N2CCCC2)c1. The van der Waals surface area contributed by atoms with Gasteiger partial charge in [0.05, 0.1) is 10.8 Å². The minimum absolute atomic E-state index is 0.00402. The summed E-state index contributed by atoms with van der Waals surface area (Å²) in [5, 5.41) is 2.79. The summed E-state index contributed by atoms with van der Waals surface area (Å²) in [6.45, 7) is 2.99. The minimum Gasteiger partial charge on any atom is -0.325 e. The second-order valence-corrected chi connectivity index (χ2v) is 12.0. The van der Waals surface area contributed by atoms with Crippen molar-refractivity contribution in [2.24, 2.45) is 0 Å². The Balaban J connectivity index is 1.82. The van der Waals surface area contributed by atoms with Crippen molar-refractivity contribution in [2.75, 3.05) is 30.7 Å². The first-order chi connectivity index (χ1) is 14.2. The third-order valence-corrected chi connectivity index (χ3v) is 9.91. The van der Waals surface area contributed by atoms with E-state index in [-0.39, 0.29) is 21.4 Å². The standard InChI is InChI=1S/C19H28ClN3O5S2/c1-2-13-29(25,26)23-12-4-3-7-17(23)19(24)21-15-8-9-16(20)18(14-15)30(27,28)22-10-5-6-11-22/h8-9,14,17H,2-7,10-13H2,1H3,(H,21,24). The first-order valence-corrected chi connectivity index (χ1v) is 13.7. The van der Waals surface area contributed by atoms with Crippen LogP contribution >= 0.6 is 11.6 Å². The highest BCUT2D eigenvalue weighted by atomic mass is 35.5. The second-order valence-electron chi connectivity index (χ2n) is 7.68. The predicted octanol–water partition coefficient (Wildman–Crippen LogP) is 2.66. The van der Waals surface area contributed by atoms with Gasteiger partial charge in [-0.15, -0.1) is 0 Å². The fourth-order valence-electron chi connectivity index (χ4n) is 3.95. The lowest BCUT2D eigenvalue weighted by atomic mass is 10.0. The zero-order chi connectivity index (χ0) is 21.9.